The number of hydrogen-bond acceptors (Lipinski definition) is 3. The number of nitrogens with zero attached hydrogens (tertiary/aromatic N) is 1. The number of amides is 2. The third kappa shape index (κ3) is 7.27. The molecule has 166 valence electrons. The fourth-order valence-corrected chi connectivity index (χ4v) is 4.46. The van der Waals surface area contributed by atoms with Gasteiger partial charge < -0.3 is 10.2 Å². The summed E-state index contributed by atoms with van der Waals surface area (Å²) in [4.78, 5) is 27.9. The Labute approximate surface area is 195 Å². The minimum Gasteiger partial charge on any atom is -0.357 e. The molecule has 3 aromatic rings. The topological polar surface area (TPSA) is 49.4 Å². The summed E-state index contributed by atoms with van der Waals surface area (Å²) in [7, 11) is 1.63. The van der Waals surface area contributed by atoms with Gasteiger partial charge in [0, 0.05) is 37.9 Å². The summed E-state index contributed by atoms with van der Waals surface area (Å²) < 4.78 is 0. The lowest BCUT2D eigenvalue weighted by Crippen LogP contribution is -2.49. The molecule has 0 aliphatic heterocycles. The summed E-state index contributed by atoms with van der Waals surface area (Å²) in [5.41, 5.74) is 3.29. The van der Waals surface area contributed by atoms with Crippen molar-refractivity contribution in [1.29, 1.82) is 0 Å². The Bertz CT molecular complexity index is 965. The molecule has 0 radical (unpaired) electrons. The van der Waals surface area contributed by atoms with Gasteiger partial charge >= 0.3 is 0 Å². The maximum atomic E-state index is 13.3. The molecule has 0 spiro atoms. The number of likely N-dealkylation sites (N-methyl/N-ethyl adjacent to an activating group) is 1. The largest absolute Gasteiger partial charge is 0.357 e. The second kappa shape index (κ2) is 12.7. The van der Waals surface area contributed by atoms with Crippen molar-refractivity contribution in [3.63, 3.8) is 0 Å². The highest BCUT2D eigenvalue weighted by Gasteiger charge is 2.29. The van der Waals surface area contributed by atoms with Gasteiger partial charge in [-0.3, -0.25) is 9.59 Å². The summed E-state index contributed by atoms with van der Waals surface area (Å²) >= 11 is 1.74. The van der Waals surface area contributed by atoms with E-state index in [4.69, 9.17) is 0 Å². The maximum Gasteiger partial charge on any atom is 0.242 e. The predicted molar refractivity (Wildman–Crippen MR) is 132 cm³/mol. The van der Waals surface area contributed by atoms with Crippen molar-refractivity contribution in [2.75, 3.05) is 12.8 Å². The normalized spacial score (nSPS) is 11.5. The molecule has 3 rings (SSSR count). The highest BCUT2D eigenvalue weighted by atomic mass is 32.2. The first kappa shape index (κ1) is 23.6. The number of nitrogens with one attached hydrogen (secondary N) is 1. The monoisotopic (exact) mass is 446 g/mol. The van der Waals surface area contributed by atoms with Gasteiger partial charge in [0.15, 0.2) is 0 Å². The van der Waals surface area contributed by atoms with Gasteiger partial charge in [-0.1, -0.05) is 91.0 Å². The van der Waals surface area contributed by atoms with Gasteiger partial charge in [-0.05, 0) is 16.7 Å². The predicted octanol–water partition coefficient (Wildman–Crippen LogP) is 4.70. The summed E-state index contributed by atoms with van der Waals surface area (Å²) in [5.74, 6) is 1.44. The van der Waals surface area contributed by atoms with Crippen molar-refractivity contribution < 1.29 is 9.59 Å². The van der Waals surface area contributed by atoms with Gasteiger partial charge in [0.1, 0.15) is 6.04 Å². The van der Waals surface area contributed by atoms with Crippen LogP contribution in [0.3, 0.4) is 0 Å². The average molecular weight is 447 g/mol. The molecule has 3 aromatic carbocycles. The Morgan fingerprint density at radius 1 is 0.812 bits per heavy atom. The van der Waals surface area contributed by atoms with Crippen molar-refractivity contribution in [1.82, 2.24) is 10.2 Å². The molecule has 4 nitrogen and oxygen atoms in total. The van der Waals surface area contributed by atoms with Crippen LogP contribution in [0.2, 0.25) is 0 Å². The van der Waals surface area contributed by atoms with Gasteiger partial charge in [0.05, 0.1) is 0 Å². The molecule has 0 fully saturated rings. The smallest absolute Gasteiger partial charge is 0.242 e. The molecule has 5 heteroatoms. The summed E-state index contributed by atoms with van der Waals surface area (Å²) in [6.45, 7) is 0.411. The minimum absolute atomic E-state index is 0.000976. The molecule has 1 atom stereocenters. The maximum absolute atomic E-state index is 13.3. The molecule has 0 aliphatic carbocycles. The van der Waals surface area contributed by atoms with E-state index in [2.05, 4.69) is 17.4 Å². The van der Waals surface area contributed by atoms with Crippen molar-refractivity contribution in [3.8, 4) is 0 Å². The molecular weight excluding hydrogens is 416 g/mol. The zero-order valence-corrected chi connectivity index (χ0v) is 19.3. The first-order valence-corrected chi connectivity index (χ1v) is 12.0. The third-order valence-corrected chi connectivity index (χ3v) is 6.32. The number of benzene rings is 3. The van der Waals surface area contributed by atoms with Crippen molar-refractivity contribution in [2.45, 2.75) is 31.2 Å². The van der Waals surface area contributed by atoms with E-state index >= 15 is 0 Å². The summed E-state index contributed by atoms with van der Waals surface area (Å²) in [5, 5.41) is 2.76. The van der Waals surface area contributed by atoms with Gasteiger partial charge in [-0.15, -0.1) is 0 Å². The first-order chi connectivity index (χ1) is 15.7. The van der Waals surface area contributed by atoms with E-state index in [1.54, 1.807) is 23.7 Å². The van der Waals surface area contributed by atoms with E-state index in [1.807, 2.05) is 78.9 Å². The molecule has 1 unspecified atom stereocenters. The Morgan fingerprint density at radius 3 is 1.91 bits per heavy atom. The van der Waals surface area contributed by atoms with Crippen molar-refractivity contribution in [2.24, 2.45) is 0 Å². The van der Waals surface area contributed by atoms with Crippen LogP contribution in [0, 0.1) is 0 Å². The van der Waals surface area contributed by atoms with Crippen LogP contribution >= 0.6 is 11.8 Å². The lowest BCUT2D eigenvalue weighted by Gasteiger charge is -2.31. The Balaban J connectivity index is 1.72. The lowest BCUT2D eigenvalue weighted by molar-refractivity contribution is -0.140. The third-order valence-electron chi connectivity index (χ3n) is 5.29. The number of hydrogen-bond donors (Lipinski definition) is 1. The van der Waals surface area contributed by atoms with Gasteiger partial charge in [-0.25, -0.2) is 0 Å². The number of rotatable bonds is 11. The molecule has 0 bridgehead atoms. The zero-order chi connectivity index (χ0) is 22.6. The van der Waals surface area contributed by atoms with Crippen LogP contribution in [-0.4, -0.2) is 35.6 Å². The second-order valence-electron chi connectivity index (χ2n) is 7.62. The van der Waals surface area contributed by atoms with E-state index < -0.39 is 6.04 Å². The fraction of sp³-hybridized carbons (Fsp3) is 0.259. The average Bonchev–Trinajstić information content (AvgIpc) is 2.85. The Morgan fingerprint density at radius 2 is 1.34 bits per heavy atom. The van der Waals surface area contributed by atoms with Crippen LogP contribution in [-0.2, 0) is 28.3 Å². The number of carbonyl (C=O) groups is 2. The molecule has 0 saturated carbocycles. The van der Waals surface area contributed by atoms with Gasteiger partial charge in [0.25, 0.3) is 0 Å². The van der Waals surface area contributed by atoms with Crippen LogP contribution in [0.5, 0.6) is 0 Å². The van der Waals surface area contributed by atoms with E-state index in [0.29, 0.717) is 25.1 Å². The van der Waals surface area contributed by atoms with Crippen LogP contribution in [0.1, 0.15) is 23.1 Å². The van der Waals surface area contributed by atoms with E-state index in [9.17, 15) is 9.59 Å². The highest BCUT2D eigenvalue weighted by Crippen LogP contribution is 2.18. The van der Waals surface area contributed by atoms with Crippen LogP contribution < -0.4 is 5.32 Å². The minimum atomic E-state index is -0.561. The quantitative estimate of drug-likeness (QED) is 0.435. The van der Waals surface area contributed by atoms with E-state index in [1.165, 1.54) is 5.56 Å². The van der Waals surface area contributed by atoms with Crippen molar-refractivity contribution >= 4 is 23.6 Å². The Kier molecular flexibility index (Phi) is 9.38. The Hall–Kier alpha value is -3.05. The second-order valence-corrected chi connectivity index (χ2v) is 8.72. The lowest BCUT2D eigenvalue weighted by atomic mass is 10.0. The summed E-state index contributed by atoms with van der Waals surface area (Å²) in [6.07, 6.45) is 0.878. The van der Waals surface area contributed by atoms with Crippen molar-refractivity contribution in [3.05, 3.63) is 108 Å². The molecule has 1 N–H and O–H groups in total. The van der Waals surface area contributed by atoms with Gasteiger partial charge in [0.2, 0.25) is 11.8 Å². The molecule has 32 heavy (non-hydrogen) atoms. The standard InChI is InChI=1S/C27H30N2O2S/c1-28-27(31)25(19-22-11-5-2-6-12-22)29(20-23-13-7-3-8-14-23)26(30)17-18-32-21-24-15-9-4-10-16-24/h2-16,25H,17-21H2,1H3,(H,28,31). The van der Waals surface area contributed by atoms with Crippen LogP contribution in [0.25, 0.3) is 0 Å². The first-order valence-electron chi connectivity index (χ1n) is 10.9. The van der Waals surface area contributed by atoms with E-state index in [0.717, 1.165) is 16.9 Å². The highest BCUT2D eigenvalue weighted by molar-refractivity contribution is 7.98. The fourth-order valence-electron chi connectivity index (χ4n) is 3.57. The molecule has 0 aromatic heterocycles. The zero-order valence-electron chi connectivity index (χ0n) is 18.4. The SMILES string of the molecule is CNC(=O)C(Cc1ccccc1)N(Cc1ccccc1)C(=O)CCSCc1ccccc1. The van der Waals surface area contributed by atoms with Gasteiger partial charge in [-0.2, -0.15) is 11.8 Å². The number of thioether (sulfide) groups is 1. The molecular formula is C27H30N2O2S. The molecule has 2 amide bonds. The molecule has 0 saturated heterocycles. The molecule has 0 heterocycles. The van der Waals surface area contributed by atoms with Crippen LogP contribution in [0.4, 0.5) is 0 Å². The number of carbonyl (C=O) groups excluding carboxylic acids is 2. The van der Waals surface area contributed by atoms with E-state index in [-0.39, 0.29) is 11.8 Å². The summed E-state index contributed by atoms with van der Waals surface area (Å²) in [6, 6.07) is 29.4. The van der Waals surface area contributed by atoms with Crippen LogP contribution in [0.15, 0.2) is 91.0 Å². The molecule has 0 aliphatic rings.